The van der Waals surface area contributed by atoms with E-state index in [1.54, 1.807) is 12.3 Å². The number of aliphatic hydroxyl groups excluding tert-OH is 2. The lowest BCUT2D eigenvalue weighted by Crippen LogP contribution is -2.19. The van der Waals surface area contributed by atoms with Crippen molar-refractivity contribution < 1.29 is 15.0 Å². The summed E-state index contributed by atoms with van der Waals surface area (Å²) >= 11 is 1.13. The van der Waals surface area contributed by atoms with Crippen molar-refractivity contribution in [1.82, 2.24) is 15.2 Å². The highest BCUT2D eigenvalue weighted by atomic mass is 32.2. The summed E-state index contributed by atoms with van der Waals surface area (Å²) in [6.45, 7) is 1.48. The molecule has 0 radical (unpaired) electrons. The molecule has 2 rings (SSSR count). The van der Waals surface area contributed by atoms with E-state index in [1.165, 1.54) is 13.1 Å². The van der Waals surface area contributed by atoms with Crippen LogP contribution in [0.2, 0.25) is 0 Å². The highest BCUT2D eigenvalue weighted by Gasteiger charge is 2.19. The second-order valence-electron chi connectivity index (χ2n) is 4.21. The van der Waals surface area contributed by atoms with Gasteiger partial charge >= 0.3 is 0 Å². The lowest BCUT2D eigenvalue weighted by Gasteiger charge is -2.17. The van der Waals surface area contributed by atoms with Crippen molar-refractivity contribution in [3.05, 3.63) is 24.0 Å². The summed E-state index contributed by atoms with van der Waals surface area (Å²) in [5, 5.41) is 26.5. The Bertz CT molecular complexity index is 572. The van der Waals surface area contributed by atoms with E-state index in [0.29, 0.717) is 28.8 Å². The molecule has 0 saturated carbocycles. The molecule has 2 atom stereocenters. The first-order valence-corrected chi connectivity index (χ1v) is 6.85. The number of pyridine rings is 1. The van der Waals surface area contributed by atoms with Crippen molar-refractivity contribution in [2.24, 2.45) is 0 Å². The monoisotopic (exact) mass is 281 g/mol. The molecule has 0 fully saturated rings. The van der Waals surface area contributed by atoms with E-state index < -0.39 is 12.2 Å². The number of hydrogen-bond acceptors (Lipinski definition) is 6. The standard InChI is InChI=1S/C12H15N3O3S/c1-7(16)19-3-2-11(17)12(18)8-4-9-10(13-5-8)6-14-15-9/h4-6,11-12,17-18H,2-3H2,1H3,(H,14,15). The van der Waals surface area contributed by atoms with Gasteiger partial charge < -0.3 is 10.2 Å². The largest absolute Gasteiger partial charge is 0.390 e. The molecule has 0 amide bonds. The van der Waals surface area contributed by atoms with Gasteiger partial charge in [-0.25, -0.2) is 0 Å². The van der Waals surface area contributed by atoms with E-state index >= 15 is 0 Å². The van der Waals surface area contributed by atoms with Crippen LogP contribution in [0.1, 0.15) is 25.0 Å². The molecule has 0 aliphatic rings. The summed E-state index contributed by atoms with van der Waals surface area (Å²) in [5.74, 6) is 0.479. The van der Waals surface area contributed by atoms with E-state index in [1.807, 2.05) is 0 Å². The highest BCUT2D eigenvalue weighted by Crippen LogP contribution is 2.22. The minimum Gasteiger partial charge on any atom is -0.390 e. The van der Waals surface area contributed by atoms with Crippen LogP contribution in [0.5, 0.6) is 0 Å². The fraction of sp³-hybridized carbons (Fsp3) is 0.417. The van der Waals surface area contributed by atoms with Crippen LogP contribution < -0.4 is 0 Å². The van der Waals surface area contributed by atoms with E-state index in [4.69, 9.17) is 0 Å². The summed E-state index contributed by atoms with van der Waals surface area (Å²) in [5.41, 5.74) is 1.94. The van der Waals surface area contributed by atoms with Crippen LogP contribution in [0, 0.1) is 0 Å². The summed E-state index contributed by atoms with van der Waals surface area (Å²) in [6, 6.07) is 1.71. The predicted octanol–water partition coefficient (Wildman–Crippen LogP) is 1.02. The Morgan fingerprint density at radius 1 is 1.47 bits per heavy atom. The van der Waals surface area contributed by atoms with Crippen LogP contribution in [-0.4, -0.2) is 42.4 Å². The zero-order valence-corrected chi connectivity index (χ0v) is 11.2. The maximum absolute atomic E-state index is 10.8. The number of carbonyl (C=O) groups is 1. The van der Waals surface area contributed by atoms with E-state index in [-0.39, 0.29) is 5.12 Å². The molecule has 2 aromatic rings. The number of rotatable bonds is 5. The summed E-state index contributed by atoms with van der Waals surface area (Å²) in [6.07, 6.45) is 1.50. The average Bonchev–Trinajstić information content (AvgIpc) is 2.84. The topological polar surface area (TPSA) is 99.1 Å². The number of nitrogens with zero attached hydrogens (tertiary/aromatic N) is 2. The Labute approximate surface area is 114 Å². The van der Waals surface area contributed by atoms with Gasteiger partial charge in [0.25, 0.3) is 0 Å². The zero-order valence-electron chi connectivity index (χ0n) is 10.4. The van der Waals surface area contributed by atoms with Crippen molar-refractivity contribution in [2.75, 3.05) is 5.75 Å². The van der Waals surface area contributed by atoms with Crippen LogP contribution >= 0.6 is 11.8 Å². The van der Waals surface area contributed by atoms with Crippen LogP contribution in [0.4, 0.5) is 0 Å². The number of aromatic nitrogens is 3. The van der Waals surface area contributed by atoms with Gasteiger partial charge in [0.1, 0.15) is 11.6 Å². The first-order chi connectivity index (χ1) is 9.08. The van der Waals surface area contributed by atoms with Crippen LogP contribution in [-0.2, 0) is 4.79 Å². The highest BCUT2D eigenvalue weighted by molar-refractivity contribution is 8.13. The molecule has 0 aliphatic carbocycles. The minimum atomic E-state index is -1.02. The third kappa shape index (κ3) is 3.52. The normalized spacial score (nSPS) is 14.5. The number of aromatic amines is 1. The molecule has 6 nitrogen and oxygen atoms in total. The number of thioether (sulfide) groups is 1. The fourth-order valence-corrected chi connectivity index (χ4v) is 2.36. The maximum Gasteiger partial charge on any atom is 0.185 e. The first kappa shape index (κ1) is 14.0. The second kappa shape index (κ2) is 6.14. The van der Waals surface area contributed by atoms with Gasteiger partial charge in [-0.2, -0.15) is 5.10 Å². The lowest BCUT2D eigenvalue weighted by molar-refractivity contribution is -0.109. The average molecular weight is 281 g/mol. The van der Waals surface area contributed by atoms with Gasteiger partial charge in [-0.1, -0.05) is 11.8 Å². The third-order valence-electron chi connectivity index (χ3n) is 2.74. The van der Waals surface area contributed by atoms with Crippen molar-refractivity contribution in [3.63, 3.8) is 0 Å². The molecule has 2 aromatic heterocycles. The molecule has 2 heterocycles. The Morgan fingerprint density at radius 3 is 3.00 bits per heavy atom. The number of carbonyl (C=O) groups excluding carboxylic acids is 1. The van der Waals surface area contributed by atoms with Crippen molar-refractivity contribution in [3.8, 4) is 0 Å². The fourth-order valence-electron chi connectivity index (χ4n) is 1.71. The Morgan fingerprint density at radius 2 is 2.26 bits per heavy atom. The first-order valence-electron chi connectivity index (χ1n) is 5.86. The van der Waals surface area contributed by atoms with Crippen molar-refractivity contribution >= 4 is 27.9 Å². The maximum atomic E-state index is 10.8. The third-order valence-corrected chi connectivity index (χ3v) is 3.58. The van der Waals surface area contributed by atoms with Crippen LogP contribution in [0.15, 0.2) is 18.5 Å². The quantitative estimate of drug-likeness (QED) is 0.757. The van der Waals surface area contributed by atoms with Crippen molar-refractivity contribution in [2.45, 2.75) is 25.6 Å². The van der Waals surface area contributed by atoms with Gasteiger partial charge in [-0.05, 0) is 12.5 Å². The van der Waals surface area contributed by atoms with Gasteiger partial charge in [0.05, 0.1) is 17.8 Å². The zero-order chi connectivity index (χ0) is 13.8. The number of aliphatic hydroxyl groups is 2. The molecular weight excluding hydrogens is 266 g/mol. The summed E-state index contributed by atoms with van der Waals surface area (Å²) < 4.78 is 0. The molecule has 0 aromatic carbocycles. The van der Waals surface area contributed by atoms with Gasteiger partial charge in [0, 0.05) is 24.4 Å². The predicted molar refractivity (Wildman–Crippen MR) is 72.6 cm³/mol. The Kier molecular flexibility index (Phi) is 4.52. The van der Waals surface area contributed by atoms with Crippen LogP contribution in [0.25, 0.3) is 11.0 Å². The Hall–Kier alpha value is -1.44. The molecule has 2 unspecified atom stereocenters. The SMILES string of the molecule is CC(=O)SCCC(O)C(O)c1cnc2cn[nH]c2c1. The van der Waals surface area contributed by atoms with Crippen LogP contribution in [0.3, 0.4) is 0 Å². The molecule has 0 aliphatic heterocycles. The number of fused-ring (bicyclic) bond motifs is 1. The molecule has 0 bridgehead atoms. The number of H-pyrrole nitrogens is 1. The van der Waals surface area contributed by atoms with Gasteiger partial charge in [-0.3, -0.25) is 14.9 Å². The van der Waals surface area contributed by atoms with E-state index in [9.17, 15) is 15.0 Å². The lowest BCUT2D eigenvalue weighted by atomic mass is 10.0. The minimum absolute atomic E-state index is 0.00207. The van der Waals surface area contributed by atoms with E-state index in [0.717, 1.165) is 11.8 Å². The van der Waals surface area contributed by atoms with Gasteiger partial charge in [0.15, 0.2) is 5.12 Å². The van der Waals surface area contributed by atoms with Crippen molar-refractivity contribution in [1.29, 1.82) is 0 Å². The second-order valence-corrected chi connectivity index (χ2v) is 5.48. The Balaban J connectivity index is 2.01. The van der Waals surface area contributed by atoms with Gasteiger partial charge in [-0.15, -0.1) is 0 Å². The molecule has 0 saturated heterocycles. The molecule has 0 spiro atoms. The molecule has 102 valence electrons. The molecule has 3 N–H and O–H groups in total. The summed E-state index contributed by atoms with van der Waals surface area (Å²) in [7, 11) is 0. The molecule has 19 heavy (non-hydrogen) atoms. The number of nitrogens with one attached hydrogen (secondary N) is 1. The molecular formula is C12H15N3O3S. The smallest absolute Gasteiger partial charge is 0.185 e. The number of hydrogen-bond donors (Lipinski definition) is 3. The molecule has 7 heteroatoms. The van der Waals surface area contributed by atoms with Gasteiger partial charge in [0.2, 0.25) is 0 Å². The summed E-state index contributed by atoms with van der Waals surface area (Å²) in [4.78, 5) is 14.9. The van der Waals surface area contributed by atoms with E-state index in [2.05, 4.69) is 15.2 Å².